The zero-order chi connectivity index (χ0) is 18.1. The molecule has 2 heterocycles. The van der Waals surface area contributed by atoms with Gasteiger partial charge in [-0.25, -0.2) is 14.4 Å². The Balaban J connectivity index is 1.86. The number of halogens is 1. The van der Waals surface area contributed by atoms with Gasteiger partial charge in [-0.1, -0.05) is 6.07 Å². The van der Waals surface area contributed by atoms with E-state index >= 15 is 0 Å². The van der Waals surface area contributed by atoms with Gasteiger partial charge in [0.05, 0.1) is 0 Å². The van der Waals surface area contributed by atoms with Gasteiger partial charge in [0.2, 0.25) is 0 Å². The van der Waals surface area contributed by atoms with Crippen LogP contribution in [0.25, 0.3) is 11.4 Å². The molecule has 3 aromatic rings. The average Bonchev–Trinajstić information content (AvgIpc) is 2.67. The van der Waals surface area contributed by atoms with Crippen molar-refractivity contribution in [2.45, 2.75) is 25.3 Å². The molecular weight excluding hydrogens is 329 g/mol. The summed E-state index contributed by atoms with van der Waals surface area (Å²) in [6.07, 6.45) is 5.90. The van der Waals surface area contributed by atoms with Crippen molar-refractivity contribution in [3.05, 3.63) is 65.9 Å². The molecule has 6 heteroatoms. The fourth-order valence-corrected chi connectivity index (χ4v) is 3.33. The molecule has 1 atom stereocenters. The molecule has 2 N–H and O–H groups in total. The van der Waals surface area contributed by atoms with Crippen molar-refractivity contribution in [2.75, 3.05) is 11.9 Å². The maximum Gasteiger partial charge on any atom is 0.161 e. The lowest BCUT2D eigenvalue weighted by molar-refractivity contribution is 0.564. The van der Waals surface area contributed by atoms with Crippen LogP contribution in [0.2, 0.25) is 0 Å². The zero-order valence-electron chi connectivity index (χ0n) is 14.6. The molecule has 0 radical (unpaired) electrons. The second-order valence-corrected chi connectivity index (χ2v) is 6.57. The van der Waals surface area contributed by atoms with Gasteiger partial charge < -0.3 is 10.6 Å². The van der Waals surface area contributed by atoms with Crippen molar-refractivity contribution in [3.8, 4) is 11.4 Å². The van der Waals surface area contributed by atoms with Crippen LogP contribution in [0, 0.1) is 5.82 Å². The number of benzene rings is 1. The minimum absolute atomic E-state index is 0.0949. The molecule has 0 aliphatic heterocycles. The van der Waals surface area contributed by atoms with Gasteiger partial charge in [0.1, 0.15) is 11.6 Å². The summed E-state index contributed by atoms with van der Waals surface area (Å²) in [7, 11) is 1.90. The third kappa shape index (κ3) is 3.15. The molecular formula is C20H20FN5. The SMILES string of the molecule is CN(c1cccc(F)c1)c1nc(-c2ccncc2)nc2c1CC(N)CC2. The number of fused-ring (bicyclic) bond motifs is 1. The fraction of sp³-hybridized carbons (Fsp3) is 0.250. The topological polar surface area (TPSA) is 67.9 Å². The van der Waals surface area contributed by atoms with Crippen LogP contribution in [0.5, 0.6) is 0 Å². The molecule has 1 unspecified atom stereocenters. The minimum Gasteiger partial charge on any atom is -0.329 e. The molecule has 132 valence electrons. The number of nitrogens with zero attached hydrogens (tertiary/aromatic N) is 4. The van der Waals surface area contributed by atoms with Crippen molar-refractivity contribution >= 4 is 11.5 Å². The summed E-state index contributed by atoms with van der Waals surface area (Å²) in [5.74, 6) is 1.16. The first-order chi connectivity index (χ1) is 12.6. The first-order valence-corrected chi connectivity index (χ1v) is 8.67. The highest BCUT2D eigenvalue weighted by molar-refractivity contribution is 5.67. The molecule has 0 saturated heterocycles. The van der Waals surface area contributed by atoms with E-state index in [1.165, 1.54) is 12.1 Å². The van der Waals surface area contributed by atoms with Crippen LogP contribution in [0.1, 0.15) is 17.7 Å². The number of anilines is 2. The summed E-state index contributed by atoms with van der Waals surface area (Å²) in [5.41, 5.74) is 9.91. The molecule has 26 heavy (non-hydrogen) atoms. The molecule has 4 rings (SSSR count). The van der Waals surface area contributed by atoms with Crippen LogP contribution in [-0.4, -0.2) is 28.0 Å². The monoisotopic (exact) mass is 349 g/mol. The number of hydrogen-bond acceptors (Lipinski definition) is 5. The lowest BCUT2D eigenvalue weighted by Gasteiger charge is -2.28. The highest BCUT2D eigenvalue weighted by atomic mass is 19.1. The van der Waals surface area contributed by atoms with E-state index in [0.29, 0.717) is 5.82 Å². The van der Waals surface area contributed by atoms with E-state index in [2.05, 4.69) is 4.98 Å². The molecule has 0 amide bonds. The van der Waals surface area contributed by atoms with Gasteiger partial charge in [-0.3, -0.25) is 4.98 Å². The number of aromatic nitrogens is 3. The van der Waals surface area contributed by atoms with E-state index < -0.39 is 0 Å². The molecule has 0 spiro atoms. The van der Waals surface area contributed by atoms with Gasteiger partial charge in [-0.15, -0.1) is 0 Å². The molecule has 2 aromatic heterocycles. The van der Waals surface area contributed by atoms with Gasteiger partial charge in [0.25, 0.3) is 0 Å². The zero-order valence-corrected chi connectivity index (χ0v) is 14.6. The second kappa shape index (κ2) is 6.80. The largest absolute Gasteiger partial charge is 0.329 e. The first-order valence-electron chi connectivity index (χ1n) is 8.67. The summed E-state index contributed by atoms with van der Waals surface area (Å²) >= 11 is 0. The Morgan fingerprint density at radius 2 is 1.96 bits per heavy atom. The highest BCUT2D eigenvalue weighted by Crippen LogP contribution is 2.33. The second-order valence-electron chi connectivity index (χ2n) is 6.57. The van der Waals surface area contributed by atoms with E-state index in [0.717, 1.165) is 47.6 Å². The van der Waals surface area contributed by atoms with Crippen LogP contribution in [0.4, 0.5) is 15.9 Å². The molecule has 0 saturated carbocycles. The first kappa shape index (κ1) is 16.6. The Bertz CT molecular complexity index is 929. The van der Waals surface area contributed by atoms with Gasteiger partial charge in [-0.05, 0) is 49.6 Å². The molecule has 1 aromatic carbocycles. The minimum atomic E-state index is -0.275. The van der Waals surface area contributed by atoms with E-state index in [-0.39, 0.29) is 11.9 Å². The number of nitrogens with two attached hydrogens (primary N) is 1. The van der Waals surface area contributed by atoms with E-state index in [1.54, 1.807) is 18.5 Å². The maximum atomic E-state index is 13.7. The number of hydrogen-bond donors (Lipinski definition) is 1. The Kier molecular flexibility index (Phi) is 4.34. The van der Waals surface area contributed by atoms with Crippen LogP contribution in [0.3, 0.4) is 0 Å². The Morgan fingerprint density at radius 1 is 1.15 bits per heavy atom. The predicted octanol–water partition coefficient (Wildman–Crippen LogP) is 3.26. The fourth-order valence-electron chi connectivity index (χ4n) is 3.33. The summed E-state index contributed by atoms with van der Waals surface area (Å²) in [6.45, 7) is 0. The number of pyridine rings is 1. The third-order valence-electron chi connectivity index (χ3n) is 4.74. The average molecular weight is 349 g/mol. The quantitative estimate of drug-likeness (QED) is 0.786. The van der Waals surface area contributed by atoms with Crippen LogP contribution in [0.15, 0.2) is 48.8 Å². The Morgan fingerprint density at radius 3 is 2.73 bits per heavy atom. The third-order valence-corrected chi connectivity index (χ3v) is 4.74. The van der Waals surface area contributed by atoms with Gasteiger partial charge >= 0.3 is 0 Å². The number of aryl methyl sites for hydroxylation is 1. The van der Waals surface area contributed by atoms with E-state index in [1.807, 2.05) is 30.1 Å². The summed E-state index contributed by atoms with van der Waals surface area (Å²) in [5, 5.41) is 0. The van der Waals surface area contributed by atoms with Crippen LogP contribution >= 0.6 is 0 Å². The Labute approximate surface area is 151 Å². The van der Waals surface area contributed by atoms with Crippen LogP contribution < -0.4 is 10.6 Å². The number of rotatable bonds is 3. The lowest BCUT2D eigenvalue weighted by Crippen LogP contribution is -2.30. The smallest absolute Gasteiger partial charge is 0.161 e. The van der Waals surface area contributed by atoms with Gasteiger partial charge in [-0.2, -0.15) is 0 Å². The summed E-state index contributed by atoms with van der Waals surface area (Å²) in [4.78, 5) is 15.6. The van der Waals surface area contributed by atoms with Crippen LogP contribution in [-0.2, 0) is 12.8 Å². The van der Waals surface area contributed by atoms with E-state index in [4.69, 9.17) is 15.7 Å². The van der Waals surface area contributed by atoms with Crippen molar-refractivity contribution in [1.29, 1.82) is 0 Å². The molecule has 1 aliphatic carbocycles. The van der Waals surface area contributed by atoms with Crippen molar-refractivity contribution < 1.29 is 4.39 Å². The molecule has 1 aliphatic rings. The highest BCUT2D eigenvalue weighted by Gasteiger charge is 2.24. The maximum absolute atomic E-state index is 13.7. The Hall–Kier alpha value is -2.86. The van der Waals surface area contributed by atoms with Gasteiger partial charge in [0, 0.05) is 48.0 Å². The summed E-state index contributed by atoms with van der Waals surface area (Å²) < 4.78 is 13.7. The van der Waals surface area contributed by atoms with Crippen molar-refractivity contribution in [3.63, 3.8) is 0 Å². The summed E-state index contributed by atoms with van der Waals surface area (Å²) in [6, 6.07) is 10.4. The lowest BCUT2D eigenvalue weighted by atomic mass is 9.92. The predicted molar refractivity (Wildman–Crippen MR) is 99.7 cm³/mol. The normalized spacial score (nSPS) is 16.2. The van der Waals surface area contributed by atoms with Gasteiger partial charge in [0.15, 0.2) is 5.82 Å². The van der Waals surface area contributed by atoms with Crippen molar-refractivity contribution in [2.24, 2.45) is 5.73 Å². The standard InChI is InChI=1S/C20H20FN5/c1-26(16-4-2-3-14(21)11-16)20-17-12-15(22)5-6-18(17)24-19(25-20)13-7-9-23-10-8-13/h2-4,7-11,15H,5-6,12,22H2,1H3. The molecule has 5 nitrogen and oxygen atoms in total. The molecule has 0 bridgehead atoms. The molecule has 0 fully saturated rings. The van der Waals surface area contributed by atoms with E-state index in [9.17, 15) is 4.39 Å². The van der Waals surface area contributed by atoms with Crippen molar-refractivity contribution in [1.82, 2.24) is 15.0 Å².